The first-order valence-electron chi connectivity index (χ1n) is 2.59. The van der Waals surface area contributed by atoms with E-state index in [0.717, 1.165) is 0 Å². The third-order valence-electron chi connectivity index (χ3n) is 0.809. The first kappa shape index (κ1) is 7.43. The number of carbonyl (C=O) groups is 1. The van der Waals surface area contributed by atoms with Gasteiger partial charge in [-0.1, -0.05) is 0 Å². The highest BCUT2D eigenvalue weighted by Crippen LogP contribution is 1.92. The van der Waals surface area contributed by atoms with Crippen molar-refractivity contribution in [2.24, 2.45) is 5.73 Å². The van der Waals surface area contributed by atoms with E-state index in [1.54, 1.807) is 6.92 Å². The topological polar surface area (TPSA) is 63.3 Å². The van der Waals surface area contributed by atoms with Gasteiger partial charge >= 0.3 is 0 Å². The minimum atomic E-state index is -0.414. The minimum absolute atomic E-state index is 0.275. The molecule has 3 N–H and O–H groups in total. The maximum atomic E-state index is 10.0. The van der Waals surface area contributed by atoms with Crippen molar-refractivity contribution in [1.82, 2.24) is 0 Å². The van der Waals surface area contributed by atoms with E-state index in [1.165, 1.54) is 0 Å². The summed E-state index contributed by atoms with van der Waals surface area (Å²) in [7, 11) is 0. The van der Waals surface area contributed by atoms with E-state index in [2.05, 4.69) is 0 Å². The van der Waals surface area contributed by atoms with Crippen molar-refractivity contribution in [1.29, 1.82) is 0 Å². The van der Waals surface area contributed by atoms with Gasteiger partial charge in [0.1, 0.15) is 0 Å². The molecule has 0 heterocycles. The number of hydrogen-bond donors (Lipinski definition) is 2. The third-order valence-corrected chi connectivity index (χ3v) is 0.809. The van der Waals surface area contributed by atoms with Crippen molar-refractivity contribution >= 4 is 5.91 Å². The summed E-state index contributed by atoms with van der Waals surface area (Å²) < 4.78 is 0. The fourth-order valence-electron chi connectivity index (χ4n) is 0.351. The monoisotopic (exact) mass is 117 g/mol. The van der Waals surface area contributed by atoms with Crippen LogP contribution in [0.25, 0.3) is 0 Å². The summed E-state index contributed by atoms with van der Waals surface area (Å²) in [4.78, 5) is 10.0. The van der Waals surface area contributed by atoms with Crippen LogP contribution in [0, 0.1) is 0 Å². The molecular weight excluding hydrogens is 106 g/mol. The zero-order valence-electron chi connectivity index (χ0n) is 4.92. The van der Waals surface area contributed by atoms with Crippen molar-refractivity contribution < 1.29 is 9.90 Å². The highest BCUT2D eigenvalue weighted by molar-refractivity contribution is 5.73. The predicted molar refractivity (Wildman–Crippen MR) is 30.1 cm³/mol. The Labute approximate surface area is 48.5 Å². The predicted octanol–water partition coefficient (Wildman–Crippen LogP) is -0.367. The number of primary amides is 1. The van der Waals surface area contributed by atoms with Crippen molar-refractivity contribution in [2.75, 3.05) is 0 Å². The second-order valence-corrected chi connectivity index (χ2v) is 1.85. The molecule has 0 spiro atoms. The molecule has 3 nitrogen and oxygen atoms in total. The number of aliphatic hydroxyl groups is 1. The number of nitrogens with two attached hydrogens (primary N) is 1. The summed E-state index contributed by atoms with van der Waals surface area (Å²) in [5.74, 6) is -0.356. The Balaban J connectivity index is 3.05. The summed E-state index contributed by atoms with van der Waals surface area (Å²) in [5.41, 5.74) is 4.79. The quantitative estimate of drug-likeness (QED) is 0.530. The summed E-state index contributed by atoms with van der Waals surface area (Å²) >= 11 is 0. The largest absolute Gasteiger partial charge is 0.393 e. The van der Waals surface area contributed by atoms with Crippen molar-refractivity contribution in [3.05, 3.63) is 0 Å². The Morgan fingerprint density at radius 2 is 2.38 bits per heavy atom. The average molecular weight is 117 g/mol. The Morgan fingerprint density at radius 3 is 2.50 bits per heavy atom. The standard InChI is InChI=1S/C5H11NO2/c1-4(7)2-3-5(6)8/h4,7H,2-3H2,1H3,(H2,6,8)/t4-/m0/s1. The number of carbonyl (C=O) groups excluding carboxylic acids is 1. The number of aliphatic hydroxyl groups excluding tert-OH is 1. The average Bonchev–Trinajstić information content (AvgIpc) is 1.61. The SMILES string of the molecule is C[C@H](O)CCC(N)=O. The van der Waals surface area contributed by atoms with Crippen LogP contribution in [0.1, 0.15) is 19.8 Å². The van der Waals surface area contributed by atoms with Crippen LogP contribution in [0.4, 0.5) is 0 Å². The molecule has 1 atom stereocenters. The van der Waals surface area contributed by atoms with Crippen LogP contribution in [0.5, 0.6) is 0 Å². The van der Waals surface area contributed by atoms with Crippen LogP contribution in [-0.4, -0.2) is 17.1 Å². The maximum absolute atomic E-state index is 10.0. The molecule has 0 aromatic carbocycles. The van der Waals surface area contributed by atoms with Gasteiger partial charge in [-0.15, -0.1) is 0 Å². The van der Waals surface area contributed by atoms with Gasteiger partial charge in [0.05, 0.1) is 6.10 Å². The molecule has 48 valence electrons. The third kappa shape index (κ3) is 5.43. The van der Waals surface area contributed by atoms with Gasteiger partial charge < -0.3 is 10.8 Å². The Kier molecular flexibility index (Phi) is 3.19. The Bertz CT molecular complexity index is 80.5. The number of rotatable bonds is 3. The highest BCUT2D eigenvalue weighted by Gasteiger charge is 1.97. The first-order valence-corrected chi connectivity index (χ1v) is 2.59. The molecule has 0 saturated carbocycles. The van der Waals surface area contributed by atoms with Gasteiger partial charge in [-0.2, -0.15) is 0 Å². The summed E-state index contributed by atoms with van der Waals surface area (Å²) in [6.45, 7) is 1.63. The summed E-state index contributed by atoms with van der Waals surface area (Å²) in [6.07, 6.45) is 0.329. The van der Waals surface area contributed by atoms with Crippen molar-refractivity contribution in [3.63, 3.8) is 0 Å². The number of amides is 1. The molecule has 0 aliphatic carbocycles. The van der Waals surface area contributed by atoms with E-state index < -0.39 is 6.10 Å². The molecule has 0 unspecified atom stereocenters. The molecule has 0 rings (SSSR count). The molecule has 0 aromatic rings. The smallest absolute Gasteiger partial charge is 0.217 e. The molecule has 0 fully saturated rings. The van der Waals surface area contributed by atoms with E-state index in [4.69, 9.17) is 10.8 Å². The lowest BCUT2D eigenvalue weighted by molar-refractivity contribution is -0.118. The zero-order valence-corrected chi connectivity index (χ0v) is 4.92. The second-order valence-electron chi connectivity index (χ2n) is 1.85. The molecule has 0 aromatic heterocycles. The maximum Gasteiger partial charge on any atom is 0.217 e. The lowest BCUT2D eigenvalue weighted by Gasteiger charge is -1.97. The second kappa shape index (κ2) is 3.43. The van der Waals surface area contributed by atoms with Crippen molar-refractivity contribution in [3.8, 4) is 0 Å². The van der Waals surface area contributed by atoms with Crippen LogP contribution in [0.3, 0.4) is 0 Å². The van der Waals surface area contributed by atoms with E-state index >= 15 is 0 Å². The molecule has 0 aliphatic heterocycles. The van der Waals surface area contributed by atoms with Gasteiger partial charge in [0.25, 0.3) is 0 Å². The lowest BCUT2D eigenvalue weighted by Crippen LogP contribution is -2.13. The van der Waals surface area contributed by atoms with E-state index in [1.807, 2.05) is 0 Å². The molecular formula is C5H11NO2. The normalized spacial score (nSPS) is 13.2. The van der Waals surface area contributed by atoms with Gasteiger partial charge in [-0.25, -0.2) is 0 Å². The van der Waals surface area contributed by atoms with Crippen LogP contribution < -0.4 is 5.73 Å². The molecule has 0 aliphatic rings. The molecule has 1 amide bonds. The molecule has 3 heteroatoms. The number of hydrogen-bond acceptors (Lipinski definition) is 2. The Morgan fingerprint density at radius 1 is 1.88 bits per heavy atom. The first-order chi connectivity index (χ1) is 3.63. The summed E-state index contributed by atoms with van der Waals surface area (Å²) in [5, 5.41) is 8.59. The Hall–Kier alpha value is -0.570. The molecule has 8 heavy (non-hydrogen) atoms. The van der Waals surface area contributed by atoms with Crippen molar-refractivity contribution in [2.45, 2.75) is 25.9 Å². The van der Waals surface area contributed by atoms with Gasteiger partial charge in [0.15, 0.2) is 0 Å². The molecule has 0 radical (unpaired) electrons. The van der Waals surface area contributed by atoms with Crippen LogP contribution in [0.2, 0.25) is 0 Å². The summed E-state index contributed by atoms with van der Waals surface area (Å²) in [6, 6.07) is 0. The highest BCUT2D eigenvalue weighted by atomic mass is 16.3. The fraction of sp³-hybridized carbons (Fsp3) is 0.800. The van der Waals surface area contributed by atoms with Gasteiger partial charge in [0, 0.05) is 6.42 Å². The van der Waals surface area contributed by atoms with Crippen LogP contribution >= 0.6 is 0 Å². The van der Waals surface area contributed by atoms with Gasteiger partial charge in [-0.3, -0.25) is 4.79 Å². The molecule has 0 bridgehead atoms. The lowest BCUT2D eigenvalue weighted by atomic mass is 10.2. The zero-order chi connectivity index (χ0) is 6.57. The fourth-order valence-corrected chi connectivity index (χ4v) is 0.351. The van der Waals surface area contributed by atoms with Crippen LogP contribution in [-0.2, 0) is 4.79 Å². The molecule has 0 saturated heterocycles. The van der Waals surface area contributed by atoms with E-state index in [-0.39, 0.29) is 12.3 Å². The van der Waals surface area contributed by atoms with E-state index in [0.29, 0.717) is 6.42 Å². The minimum Gasteiger partial charge on any atom is -0.393 e. The van der Waals surface area contributed by atoms with Gasteiger partial charge in [-0.05, 0) is 13.3 Å². The van der Waals surface area contributed by atoms with Gasteiger partial charge in [0.2, 0.25) is 5.91 Å². The van der Waals surface area contributed by atoms with Crippen LogP contribution in [0.15, 0.2) is 0 Å². The van der Waals surface area contributed by atoms with E-state index in [9.17, 15) is 4.79 Å².